The van der Waals surface area contributed by atoms with Gasteiger partial charge in [-0.2, -0.15) is 0 Å². The van der Waals surface area contributed by atoms with Crippen molar-refractivity contribution in [3.05, 3.63) is 51.8 Å². The van der Waals surface area contributed by atoms with Gasteiger partial charge in [0.05, 0.1) is 19.3 Å². The molecule has 0 saturated heterocycles. The molecule has 2 aromatic rings. The lowest BCUT2D eigenvalue weighted by Crippen LogP contribution is -2.04. The third-order valence-electron chi connectivity index (χ3n) is 3.92. The van der Waals surface area contributed by atoms with Gasteiger partial charge < -0.3 is 14.4 Å². The van der Waals surface area contributed by atoms with Crippen molar-refractivity contribution in [2.75, 3.05) is 6.61 Å². The number of aliphatic hydroxyl groups is 1. The molecular weight excluding hydrogens is 330 g/mol. The first kappa shape index (κ1) is 14.7. The second kappa shape index (κ2) is 5.85. The molecule has 1 aliphatic rings. The van der Waals surface area contributed by atoms with Gasteiger partial charge in [-0.25, -0.2) is 0 Å². The molecule has 0 radical (unpaired) electrons. The van der Waals surface area contributed by atoms with E-state index in [-0.39, 0.29) is 5.92 Å². The number of ether oxygens (including phenoxy) is 1. The molecule has 21 heavy (non-hydrogen) atoms. The molecule has 3 nitrogen and oxygen atoms in total. The standard InChI is InChI=1S/C17H20BrNO2/c1-11(2)16(20)13-3-5-19(9-13)10-14-8-15(18)7-12-4-6-21-17(12)14/h3,5,7-9,11,16,20H,4,6,10H2,1-2H3. The Bertz CT molecular complexity index is 648. The highest BCUT2D eigenvalue weighted by Gasteiger charge is 2.18. The average Bonchev–Trinajstić information content (AvgIpc) is 3.06. The predicted molar refractivity (Wildman–Crippen MR) is 86.7 cm³/mol. The summed E-state index contributed by atoms with van der Waals surface area (Å²) in [5.41, 5.74) is 3.42. The normalized spacial score (nSPS) is 15.1. The Hall–Kier alpha value is -1.26. The van der Waals surface area contributed by atoms with Crippen LogP contribution < -0.4 is 4.74 Å². The molecule has 1 aromatic heterocycles. The Balaban J connectivity index is 1.85. The number of hydrogen-bond acceptors (Lipinski definition) is 2. The van der Waals surface area contributed by atoms with Crippen molar-refractivity contribution in [3.8, 4) is 5.75 Å². The first-order chi connectivity index (χ1) is 10.0. The minimum atomic E-state index is -0.407. The van der Waals surface area contributed by atoms with E-state index >= 15 is 0 Å². The van der Waals surface area contributed by atoms with E-state index in [1.165, 1.54) is 11.1 Å². The third-order valence-corrected chi connectivity index (χ3v) is 4.38. The Morgan fingerprint density at radius 3 is 2.95 bits per heavy atom. The number of benzene rings is 1. The highest BCUT2D eigenvalue weighted by Crippen LogP contribution is 2.33. The van der Waals surface area contributed by atoms with Gasteiger partial charge in [0.1, 0.15) is 5.75 Å². The van der Waals surface area contributed by atoms with Crippen molar-refractivity contribution in [2.24, 2.45) is 5.92 Å². The van der Waals surface area contributed by atoms with Crippen molar-refractivity contribution >= 4 is 15.9 Å². The summed E-state index contributed by atoms with van der Waals surface area (Å²) in [6.07, 6.45) is 4.61. The van der Waals surface area contributed by atoms with Crippen molar-refractivity contribution in [1.29, 1.82) is 0 Å². The van der Waals surface area contributed by atoms with Gasteiger partial charge >= 0.3 is 0 Å². The van der Waals surface area contributed by atoms with E-state index < -0.39 is 6.10 Å². The molecule has 2 heterocycles. The molecule has 1 aromatic carbocycles. The van der Waals surface area contributed by atoms with Gasteiger partial charge in [0, 0.05) is 28.9 Å². The summed E-state index contributed by atoms with van der Waals surface area (Å²) in [5.74, 6) is 1.25. The smallest absolute Gasteiger partial charge is 0.127 e. The summed E-state index contributed by atoms with van der Waals surface area (Å²) >= 11 is 3.57. The quantitative estimate of drug-likeness (QED) is 0.907. The zero-order chi connectivity index (χ0) is 15.0. The van der Waals surface area contributed by atoms with E-state index in [1.54, 1.807) is 0 Å². The molecule has 0 spiro atoms. The number of aliphatic hydroxyl groups excluding tert-OH is 1. The fourth-order valence-electron chi connectivity index (χ4n) is 2.78. The maximum Gasteiger partial charge on any atom is 0.127 e. The van der Waals surface area contributed by atoms with E-state index in [0.29, 0.717) is 0 Å². The van der Waals surface area contributed by atoms with Crippen LogP contribution in [0.3, 0.4) is 0 Å². The van der Waals surface area contributed by atoms with Crippen LogP contribution in [0.15, 0.2) is 35.1 Å². The monoisotopic (exact) mass is 349 g/mol. The van der Waals surface area contributed by atoms with Crippen LogP contribution in [-0.2, 0) is 13.0 Å². The molecule has 1 aliphatic heterocycles. The van der Waals surface area contributed by atoms with Crippen molar-refractivity contribution < 1.29 is 9.84 Å². The van der Waals surface area contributed by atoms with Crippen LogP contribution in [0.25, 0.3) is 0 Å². The zero-order valence-electron chi connectivity index (χ0n) is 12.3. The maximum atomic E-state index is 10.1. The minimum absolute atomic E-state index is 0.222. The Morgan fingerprint density at radius 1 is 1.38 bits per heavy atom. The first-order valence-corrected chi connectivity index (χ1v) is 8.11. The van der Waals surface area contributed by atoms with E-state index in [9.17, 15) is 5.11 Å². The van der Waals surface area contributed by atoms with E-state index in [0.717, 1.165) is 35.4 Å². The summed E-state index contributed by atoms with van der Waals surface area (Å²) in [5, 5.41) is 10.1. The van der Waals surface area contributed by atoms with Crippen LogP contribution in [-0.4, -0.2) is 16.3 Å². The summed E-state index contributed by atoms with van der Waals surface area (Å²) < 4.78 is 8.96. The van der Waals surface area contributed by atoms with Crippen LogP contribution in [0.2, 0.25) is 0 Å². The minimum Gasteiger partial charge on any atom is -0.493 e. The maximum absolute atomic E-state index is 10.1. The summed E-state index contributed by atoms with van der Waals surface area (Å²) in [6, 6.07) is 6.24. The number of halogens is 1. The molecule has 1 unspecified atom stereocenters. The topological polar surface area (TPSA) is 34.4 Å². The molecule has 4 heteroatoms. The predicted octanol–water partition coefficient (Wildman–Crippen LogP) is 3.92. The van der Waals surface area contributed by atoms with Gasteiger partial charge in [-0.15, -0.1) is 0 Å². The fourth-order valence-corrected chi connectivity index (χ4v) is 3.33. The van der Waals surface area contributed by atoms with Gasteiger partial charge in [-0.05, 0) is 35.2 Å². The fraction of sp³-hybridized carbons (Fsp3) is 0.412. The zero-order valence-corrected chi connectivity index (χ0v) is 13.9. The van der Waals surface area contributed by atoms with Crippen molar-refractivity contribution in [3.63, 3.8) is 0 Å². The lowest BCUT2D eigenvalue weighted by Gasteiger charge is -2.13. The second-order valence-electron chi connectivity index (χ2n) is 5.96. The van der Waals surface area contributed by atoms with Gasteiger partial charge in [-0.1, -0.05) is 29.8 Å². The molecule has 3 rings (SSSR count). The number of fused-ring (bicyclic) bond motifs is 1. The van der Waals surface area contributed by atoms with Crippen LogP contribution in [0, 0.1) is 5.92 Å². The highest BCUT2D eigenvalue weighted by atomic mass is 79.9. The Labute approximate surface area is 133 Å². The van der Waals surface area contributed by atoms with E-state index in [2.05, 4.69) is 32.6 Å². The van der Waals surface area contributed by atoms with E-state index in [4.69, 9.17) is 4.74 Å². The summed E-state index contributed by atoms with van der Waals surface area (Å²) in [4.78, 5) is 0. The average molecular weight is 350 g/mol. The molecule has 0 fully saturated rings. The summed E-state index contributed by atoms with van der Waals surface area (Å²) in [7, 11) is 0. The highest BCUT2D eigenvalue weighted by molar-refractivity contribution is 9.10. The largest absolute Gasteiger partial charge is 0.493 e. The van der Waals surface area contributed by atoms with Gasteiger partial charge in [0.25, 0.3) is 0 Å². The number of rotatable bonds is 4. The number of nitrogens with zero attached hydrogens (tertiary/aromatic N) is 1. The lowest BCUT2D eigenvalue weighted by molar-refractivity contribution is 0.127. The van der Waals surface area contributed by atoms with E-state index in [1.807, 2.05) is 32.3 Å². The van der Waals surface area contributed by atoms with Crippen LogP contribution in [0.1, 0.15) is 36.6 Å². The molecule has 1 atom stereocenters. The second-order valence-corrected chi connectivity index (χ2v) is 6.87. The lowest BCUT2D eigenvalue weighted by atomic mass is 10.0. The van der Waals surface area contributed by atoms with Gasteiger partial charge in [0.15, 0.2) is 0 Å². The Morgan fingerprint density at radius 2 is 2.19 bits per heavy atom. The molecule has 1 N–H and O–H groups in total. The molecule has 0 aliphatic carbocycles. The van der Waals surface area contributed by atoms with Crippen molar-refractivity contribution in [1.82, 2.24) is 4.57 Å². The molecule has 0 saturated carbocycles. The molecule has 112 valence electrons. The number of hydrogen-bond donors (Lipinski definition) is 1. The Kier molecular flexibility index (Phi) is 4.09. The van der Waals surface area contributed by atoms with Gasteiger partial charge in [-0.3, -0.25) is 0 Å². The molecular formula is C17H20BrNO2. The summed E-state index contributed by atoms with van der Waals surface area (Å²) in [6.45, 7) is 5.57. The third kappa shape index (κ3) is 3.01. The van der Waals surface area contributed by atoms with Crippen LogP contribution in [0.5, 0.6) is 5.75 Å². The first-order valence-electron chi connectivity index (χ1n) is 7.32. The number of aromatic nitrogens is 1. The van der Waals surface area contributed by atoms with Crippen molar-refractivity contribution in [2.45, 2.75) is 32.9 Å². The van der Waals surface area contributed by atoms with Crippen LogP contribution in [0.4, 0.5) is 0 Å². The van der Waals surface area contributed by atoms with Gasteiger partial charge in [0.2, 0.25) is 0 Å². The molecule has 0 bridgehead atoms. The molecule has 0 amide bonds. The SMILES string of the molecule is CC(C)C(O)c1ccn(Cc2cc(Br)cc3c2OCC3)c1. The van der Waals surface area contributed by atoms with Crippen LogP contribution >= 0.6 is 15.9 Å².